The van der Waals surface area contributed by atoms with Crippen LogP contribution in [0, 0.1) is 20.8 Å². The van der Waals surface area contributed by atoms with Gasteiger partial charge >= 0.3 is 0 Å². The first-order chi connectivity index (χ1) is 8.06. The van der Waals surface area contributed by atoms with Crippen molar-refractivity contribution >= 4 is 33.0 Å². The van der Waals surface area contributed by atoms with E-state index in [1.807, 2.05) is 6.92 Å². The lowest BCUT2D eigenvalue weighted by Gasteiger charge is -2.12. The molecule has 0 atom stereocenters. The highest BCUT2D eigenvalue weighted by molar-refractivity contribution is 9.10. The molecule has 0 aliphatic carbocycles. The first kappa shape index (κ1) is 12.6. The molecule has 0 saturated carbocycles. The number of hydrogen-bond donors (Lipinski definition) is 1. The minimum absolute atomic E-state index is 0.793. The summed E-state index contributed by atoms with van der Waals surface area (Å²) in [5.74, 6) is 0. The predicted octanol–water partition coefficient (Wildman–Crippen LogP) is 4.44. The number of hydrogen-bond acceptors (Lipinski definition) is 3. The van der Waals surface area contributed by atoms with E-state index in [1.165, 1.54) is 16.8 Å². The summed E-state index contributed by atoms with van der Waals surface area (Å²) in [6.45, 7) is 7.05. The van der Waals surface area contributed by atoms with Crippen molar-refractivity contribution in [3.05, 3.63) is 43.8 Å². The van der Waals surface area contributed by atoms with Gasteiger partial charge in [-0.2, -0.15) is 0 Å². The van der Waals surface area contributed by atoms with Crippen LogP contribution in [0.2, 0.25) is 0 Å². The van der Waals surface area contributed by atoms with Crippen LogP contribution in [-0.4, -0.2) is 4.98 Å². The van der Waals surface area contributed by atoms with E-state index >= 15 is 0 Å². The third-order valence-electron chi connectivity index (χ3n) is 2.58. The van der Waals surface area contributed by atoms with Gasteiger partial charge in [-0.3, -0.25) is 0 Å². The number of anilines is 1. The average molecular weight is 311 g/mol. The summed E-state index contributed by atoms with van der Waals surface area (Å²) in [4.78, 5) is 4.45. The molecule has 4 heteroatoms. The number of nitrogens with one attached hydrogen (secondary N) is 1. The molecule has 2 rings (SSSR count). The smallest absolute Gasteiger partial charge is 0.112 e. The molecule has 0 bridgehead atoms. The van der Waals surface area contributed by atoms with E-state index in [-0.39, 0.29) is 0 Å². The van der Waals surface area contributed by atoms with Crippen LogP contribution in [0.1, 0.15) is 21.8 Å². The normalized spacial score (nSPS) is 10.6. The quantitative estimate of drug-likeness (QED) is 0.906. The zero-order chi connectivity index (χ0) is 12.4. The van der Waals surface area contributed by atoms with Crippen LogP contribution in [0.4, 0.5) is 5.69 Å². The average Bonchev–Trinajstić information content (AvgIpc) is 2.62. The largest absolute Gasteiger partial charge is 0.378 e. The number of thiazole rings is 1. The summed E-state index contributed by atoms with van der Waals surface area (Å²) in [6, 6.07) is 4.25. The third kappa shape index (κ3) is 3.07. The van der Waals surface area contributed by atoms with Crippen LogP contribution < -0.4 is 5.32 Å². The van der Waals surface area contributed by atoms with Gasteiger partial charge in [0.25, 0.3) is 0 Å². The zero-order valence-electron chi connectivity index (χ0n) is 10.2. The van der Waals surface area contributed by atoms with Crippen molar-refractivity contribution in [3.8, 4) is 0 Å². The van der Waals surface area contributed by atoms with E-state index in [0.717, 1.165) is 21.7 Å². The van der Waals surface area contributed by atoms with E-state index in [2.05, 4.69) is 57.6 Å². The second-order valence-corrected chi connectivity index (χ2v) is 6.01. The predicted molar refractivity (Wildman–Crippen MR) is 77.8 cm³/mol. The highest BCUT2D eigenvalue weighted by Gasteiger charge is 2.05. The first-order valence-corrected chi connectivity index (χ1v) is 7.15. The van der Waals surface area contributed by atoms with Gasteiger partial charge in [-0.15, -0.1) is 11.3 Å². The van der Waals surface area contributed by atoms with E-state index in [9.17, 15) is 0 Å². The van der Waals surface area contributed by atoms with Gasteiger partial charge in [-0.25, -0.2) is 4.98 Å². The van der Waals surface area contributed by atoms with Crippen molar-refractivity contribution < 1.29 is 0 Å². The second-order valence-electron chi connectivity index (χ2n) is 4.15. The van der Waals surface area contributed by atoms with Crippen molar-refractivity contribution in [2.75, 3.05) is 5.32 Å². The van der Waals surface area contributed by atoms with Crippen LogP contribution in [0.3, 0.4) is 0 Å². The number of benzene rings is 1. The Balaban J connectivity index is 2.14. The maximum atomic E-state index is 4.45. The topological polar surface area (TPSA) is 24.9 Å². The number of nitrogens with zero attached hydrogens (tertiary/aromatic N) is 1. The second kappa shape index (κ2) is 5.19. The monoisotopic (exact) mass is 310 g/mol. The maximum absolute atomic E-state index is 4.45. The fraction of sp³-hybridized carbons (Fsp3) is 0.308. The number of aryl methyl sites for hydroxylation is 3. The molecule has 0 aliphatic heterocycles. The van der Waals surface area contributed by atoms with Gasteiger partial charge in [0.1, 0.15) is 5.01 Å². The van der Waals surface area contributed by atoms with Gasteiger partial charge in [0.2, 0.25) is 0 Å². The Labute approximate surface area is 114 Å². The number of halogens is 1. The molecule has 0 unspecified atom stereocenters. The lowest BCUT2D eigenvalue weighted by molar-refractivity contribution is 1.07. The fourth-order valence-electron chi connectivity index (χ4n) is 1.84. The van der Waals surface area contributed by atoms with Crippen LogP contribution in [0.25, 0.3) is 0 Å². The fourth-order valence-corrected chi connectivity index (χ4v) is 3.24. The summed E-state index contributed by atoms with van der Waals surface area (Å²) in [6.07, 6.45) is 0. The molecule has 90 valence electrons. The Bertz CT molecular complexity index is 511. The summed E-state index contributed by atoms with van der Waals surface area (Å²) < 4.78 is 1.13. The van der Waals surface area contributed by atoms with Crippen molar-refractivity contribution in [2.24, 2.45) is 0 Å². The molecule has 0 saturated heterocycles. The Hall–Kier alpha value is -0.870. The highest BCUT2D eigenvalue weighted by atomic mass is 79.9. The molecule has 1 aromatic heterocycles. The van der Waals surface area contributed by atoms with Crippen LogP contribution in [-0.2, 0) is 6.54 Å². The number of aromatic nitrogens is 1. The molecule has 0 aliphatic rings. The van der Waals surface area contributed by atoms with E-state index < -0.39 is 0 Å². The third-order valence-corrected chi connectivity index (χ3v) is 4.00. The molecule has 1 N–H and O–H groups in total. The van der Waals surface area contributed by atoms with Crippen molar-refractivity contribution in [1.29, 1.82) is 0 Å². The Kier molecular flexibility index (Phi) is 3.84. The van der Waals surface area contributed by atoms with Crippen LogP contribution in [0.5, 0.6) is 0 Å². The van der Waals surface area contributed by atoms with Gasteiger partial charge in [0, 0.05) is 21.2 Å². The number of rotatable bonds is 3. The van der Waals surface area contributed by atoms with E-state index in [4.69, 9.17) is 0 Å². The molecular weight excluding hydrogens is 296 g/mol. The maximum Gasteiger partial charge on any atom is 0.112 e. The van der Waals surface area contributed by atoms with Gasteiger partial charge in [0.15, 0.2) is 0 Å². The minimum atomic E-state index is 0.793. The Morgan fingerprint density at radius 3 is 2.41 bits per heavy atom. The van der Waals surface area contributed by atoms with Crippen molar-refractivity contribution in [1.82, 2.24) is 4.98 Å². The molecule has 2 aromatic rings. The Morgan fingerprint density at radius 1 is 1.24 bits per heavy atom. The lowest BCUT2D eigenvalue weighted by atomic mass is 10.1. The molecule has 0 amide bonds. The molecule has 0 radical (unpaired) electrons. The van der Waals surface area contributed by atoms with E-state index in [0.29, 0.717) is 0 Å². The SMILES string of the molecule is Cc1csc(CNc2c(C)cc(Br)cc2C)n1. The Morgan fingerprint density at radius 2 is 1.88 bits per heavy atom. The van der Waals surface area contributed by atoms with Gasteiger partial charge in [-0.05, 0) is 44.0 Å². The lowest BCUT2D eigenvalue weighted by Crippen LogP contribution is -2.02. The molecule has 1 aromatic carbocycles. The van der Waals surface area contributed by atoms with Crippen molar-refractivity contribution in [2.45, 2.75) is 27.3 Å². The zero-order valence-corrected chi connectivity index (χ0v) is 12.6. The molecule has 0 fully saturated rings. The van der Waals surface area contributed by atoms with Gasteiger partial charge < -0.3 is 5.32 Å². The minimum Gasteiger partial charge on any atom is -0.378 e. The van der Waals surface area contributed by atoms with Crippen molar-refractivity contribution in [3.63, 3.8) is 0 Å². The van der Waals surface area contributed by atoms with Gasteiger partial charge in [0.05, 0.1) is 6.54 Å². The van der Waals surface area contributed by atoms with Crippen LogP contribution in [0.15, 0.2) is 22.0 Å². The molecule has 17 heavy (non-hydrogen) atoms. The first-order valence-electron chi connectivity index (χ1n) is 5.48. The van der Waals surface area contributed by atoms with Gasteiger partial charge in [-0.1, -0.05) is 15.9 Å². The molecule has 0 spiro atoms. The summed E-state index contributed by atoms with van der Waals surface area (Å²) in [5, 5.41) is 6.68. The highest BCUT2D eigenvalue weighted by Crippen LogP contribution is 2.25. The van der Waals surface area contributed by atoms with Crippen LogP contribution >= 0.6 is 27.3 Å². The summed E-state index contributed by atoms with van der Waals surface area (Å²) in [5.41, 5.74) is 4.81. The molecule has 1 heterocycles. The van der Waals surface area contributed by atoms with E-state index in [1.54, 1.807) is 11.3 Å². The molecular formula is C13H15BrN2S. The summed E-state index contributed by atoms with van der Waals surface area (Å²) in [7, 11) is 0. The standard InChI is InChI=1S/C13H15BrN2S/c1-8-4-11(14)5-9(2)13(8)15-6-12-16-10(3)7-17-12/h4-5,7,15H,6H2,1-3H3. The summed E-state index contributed by atoms with van der Waals surface area (Å²) >= 11 is 5.21. The molecule has 2 nitrogen and oxygen atoms in total.